The highest BCUT2D eigenvalue weighted by molar-refractivity contribution is 5.92. The number of anilines is 1. The molecule has 1 amide bonds. The smallest absolute Gasteiger partial charge is 0.271 e. The van der Waals surface area contributed by atoms with E-state index < -0.39 is 40.5 Å². The Morgan fingerprint density at radius 2 is 2.00 bits per heavy atom. The fraction of sp³-hybridized carbons (Fsp3) is 0.417. The number of aromatic nitrogens is 4. The van der Waals surface area contributed by atoms with Gasteiger partial charge in [0.15, 0.2) is 29.0 Å². The van der Waals surface area contributed by atoms with Crippen LogP contribution in [0.15, 0.2) is 47.5 Å². The molecule has 1 aliphatic rings. The summed E-state index contributed by atoms with van der Waals surface area (Å²) in [6.45, 7) is 3.53. The Morgan fingerprint density at radius 3 is 2.60 bits per heavy atom. The van der Waals surface area contributed by atoms with E-state index in [0.717, 1.165) is 48.3 Å². The molecule has 186 valence electrons. The predicted octanol–water partition coefficient (Wildman–Crippen LogP) is 3.65. The number of rotatable bonds is 9. The van der Waals surface area contributed by atoms with E-state index in [-0.39, 0.29) is 24.0 Å². The summed E-state index contributed by atoms with van der Waals surface area (Å²) in [6.07, 6.45) is 6.15. The predicted molar refractivity (Wildman–Crippen MR) is 123 cm³/mol. The number of halogens is 2. The van der Waals surface area contributed by atoms with Crippen molar-refractivity contribution in [1.29, 1.82) is 0 Å². The molecule has 0 spiro atoms. The van der Waals surface area contributed by atoms with Crippen LogP contribution >= 0.6 is 0 Å². The lowest BCUT2D eigenvalue weighted by atomic mass is 9.80. The van der Waals surface area contributed by atoms with Crippen LogP contribution in [0.2, 0.25) is 0 Å². The van der Waals surface area contributed by atoms with E-state index in [1.807, 2.05) is 0 Å². The van der Waals surface area contributed by atoms with Gasteiger partial charge < -0.3 is 15.2 Å². The summed E-state index contributed by atoms with van der Waals surface area (Å²) in [5.41, 5.74) is -1.63. The van der Waals surface area contributed by atoms with Crippen LogP contribution in [0.5, 0.6) is 11.5 Å². The SMILES string of the molecule is CC(C)(O)Cn1ccc(NC(=O)[C@H](CC2CCC2)n2ncc(Oc3c(F)cccc3F)cc2=O)n1. The van der Waals surface area contributed by atoms with Gasteiger partial charge in [0.05, 0.1) is 18.3 Å². The van der Waals surface area contributed by atoms with Crippen molar-refractivity contribution in [1.82, 2.24) is 19.6 Å². The molecule has 0 saturated heterocycles. The molecule has 0 bridgehead atoms. The number of carbonyl (C=O) groups is 1. The first kappa shape index (κ1) is 24.5. The number of nitrogens with one attached hydrogen (secondary N) is 1. The first-order chi connectivity index (χ1) is 16.6. The van der Waals surface area contributed by atoms with Crippen molar-refractivity contribution < 1.29 is 23.4 Å². The molecule has 2 aromatic heterocycles. The fourth-order valence-corrected chi connectivity index (χ4v) is 3.87. The Morgan fingerprint density at radius 1 is 1.29 bits per heavy atom. The molecule has 2 heterocycles. The third kappa shape index (κ3) is 6.10. The molecular formula is C24H27F2N5O4. The largest absolute Gasteiger partial charge is 0.449 e. The minimum absolute atomic E-state index is 0.150. The second-order valence-corrected chi connectivity index (χ2v) is 9.38. The van der Waals surface area contributed by atoms with Crippen molar-refractivity contribution >= 4 is 11.7 Å². The minimum atomic E-state index is -0.979. The van der Waals surface area contributed by atoms with Gasteiger partial charge in [0, 0.05) is 18.3 Å². The van der Waals surface area contributed by atoms with Gasteiger partial charge in [0.2, 0.25) is 0 Å². The molecule has 3 aromatic rings. The minimum Gasteiger partial charge on any atom is -0.449 e. The van der Waals surface area contributed by atoms with Crippen LogP contribution in [0, 0.1) is 17.6 Å². The zero-order valence-electron chi connectivity index (χ0n) is 19.4. The maximum atomic E-state index is 13.9. The highest BCUT2D eigenvalue weighted by Crippen LogP contribution is 2.34. The van der Waals surface area contributed by atoms with Crippen LogP contribution in [0.1, 0.15) is 45.6 Å². The van der Waals surface area contributed by atoms with Crippen LogP contribution < -0.4 is 15.6 Å². The quantitative estimate of drug-likeness (QED) is 0.477. The fourth-order valence-electron chi connectivity index (χ4n) is 3.87. The van der Waals surface area contributed by atoms with Gasteiger partial charge in [0.1, 0.15) is 6.04 Å². The molecule has 4 rings (SSSR count). The Labute approximate surface area is 200 Å². The third-order valence-electron chi connectivity index (χ3n) is 5.76. The average Bonchev–Trinajstić information content (AvgIpc) is 3.15. The molecule has 9 nitrogen and oxygen atoms in total. The lowest BCUT2D eigenvalue weighted by Crippen LogP contribution is -2.37. The van der Waals surface area contributed by atoms with E-state index in [9.17, 15) is 23.5 Å². The highest BCUT2D eigenvalue weighted by Gasteiger charge is 2.30. The Kier molecular flexibility index (Phi) is 6.97. The Hall–Kier alpha value is -3.60. The summed E-state index contributed by atoms with van der Waals surface area (Å²) in [5, 5.41) is 21.0. The number of hydrogen-bond donors (Lipinski definition) is 2. The molecule has 1 aromatic carbocycles. The van der Waals surface area contributed by atoms with E-state index >= 15 is 0 Å². The lowest BCUT2D eigenvalue weighted by Gasteiger charge is -2.29. The van der Waals surface area contributed by atoms with Crippen LogP contribution in [0.25, 0.3) is 0 Å². The molecule has 0 unspecified atom stereocenters. The maximum Gasteiger partial charge on any atom is 0.271 e. The Balaban J connectivity index is 1.54. The second-order valence-electron chi connectivity index (χ2n) is 9.38. The van der Waals surface area contributed by atoms with E-state index in [2.05, 4.69) is 15.5 Å². The van der Waals surface area contributed by atoms with Gasteiger partial charge in [0.25, 0.3) is 11.5 Å². The van der Waals surface area contributed by atoms with E-state index in [0.29, 0.717) is 6.42 Å². The standard InChI is InChI=1S/C24H27F2N5O4/c1-24(2,34)14-30-10-9-20(29-30)28-23(33)19(11-15-5-3-6-15)31-21(32)12-16(13-27-31)35-22-17(25)7-4-8-18(22)26/h4,7-10,12-13,15,19,34H,3,5-6,11,14H2,1-2H3,(H,28,29,33)/t19-/m0/s1. The number of para-hydroxylation sites is 1. The number of benzene rings is 1. The van der Waals surface area contributed by atoms with Crippen molar-refractivity contribution in [3.05, 3.63) is 64.7 Å². The first-order valence-electron chi connectivity index (χ1n) is 11.4. The number of hydrogen-bond acceptors (Lipinski definition) is 6. The van der Waals surface area contributed by atoms with Gasteiger partial charge in [-0.2, -0.15) is 10.2 Å². The first-order valence-corrected chi connectivity index (χ1v) is 11.4. The molecule has 1 atom stereocenters. The second kappa shape index (κ2) is 9.95. The van der Waals surface area contributed by atoms with Crippen LogP contribution in [0.4, 0.5) is 14.6 Å². The van der Waals surface area contributed by atoms with Crippen molar-refractivity contribution in [2.24, 2.45) is 5.92 Å². The highest BCUT2D eigenvalue weighted by atomic mass is 19.1. The van der Waals surface area contributed by atoms with Crippen LogP contribution in [-0.2, 0) is 11.3 Å². The van der Waals surface area contributed by atoms with Gasteiger partial charge in [-0.3, -0.25) is 14.3 Å². The molecule has 1 aliphatic carbocycles. The normalized spacial score (nSPS) is 14.9. The number of carbonyl (C=O) groups excluding carboxylic acids is 1. The maximum absolute atomic E-state index is 13.9. The van der Waals surface area contributed by atoms with Crippen molar-refractivity contribution in [2.45, 2.75) is 57.7 Å². The van der Waals surface area contributed by atoms with Gasteiger partial charge in [-0.25, -0.2) is 13.5 Å². The van der Waals surface area contributed by atoms with Crippen molar-refractivity contribution in [2.75, 3.05) is 5.32 Å². The summed E-state index contributed by atoms with van der Waals surface area (Å²) >= 11 is 0. The molecule has 2 N–H and O–H groups in total. The van der Waals surface area contributed by atoms with Crippen molar-refractivity contribution in [3.63, 3.8) is 0 Å². The molecule has 11 heteroatoms. The van der Waals surface area contributed by atoms with Crippen molar-refractivity contribution in [3.8, 4) is 11.5 Å². The molecule has 1 fully saturated rings. The van der Waals surface area contributed by atoms with E-state index in [1.165, 1.54) is 10.7 Å². The number of amides is 1. The third-order valence-corrected chi connectivity index (χ3v) is 5.76. The Bertz CT molecular complexity index is 1240. The molecule has 0 aliphatic heterocycles. The monoisotopic (exact) mass is 487 g/mol. The number of nitrogens with zero attached hydrogens (tertiary/aromatic N) is 4. The van der Waals surface area contributed by atoms with Gasteiger partial charge in [-0.05, 0) is 38.3 Å². The average molecular weight is 488 g/mol. The zero-order valence-corrected chi connectivity index (χ0v) is 19.4. The van der Waals surface area contributed by atoms with E-state index in [1.54, 1.807) is 26.1 Å². The van der Waals surface area contributed by atoms with Gasteiger partial charge in [-0.15, -0.1) is 0 Å². The zero-order chi connectivity index (χ0) is 25.2. The van der Waals surface area contributed by atoms with Gasteiger partial charge in [-0.1, -0.05) is 25.3 Å². The molecular weight excluding hydrogens is 460 g/mol. The number of ether oxygens (including phenoxy) is 1. The summed E-state index contributed by atoms with van der Waals surface area (Å²) in [6, 6.07) is 5.00. The summed E-state index contributed by atoms with van der Waals surface area (Å²) in [4.78, 5) is 26.0. The van der Waals surface area contributed by atoms with Gasteiger partial charge >= 0.3 is 0 Å². The topological polar surface area (TPSA) is 111 Å². The van der Waals surface area contributed by atoms with Crippen LogP contribution in [-0.4, -0.2) is 36.2 Å². The molecule has 1 saturated carbocycles. The molecule has 0 radical (unpaired) electrons. The van der Waals surface area contributed by atoms with E-state index in [4.69, 9.17) is 4.74 Å². The number of aliphatic hydroxyl groups is 1. The molecule has 35 heavy (non-hydrogen) atoms. The lowest BCUT2D eigenvalue weighted by molar-refractivity contribution is -0.120. The summed E-state index contributed by atoms with van der Waals surface area (Å²) in [5.74, 6) is -2.54. The van der Waals surface area contributed by atoms with Crippen LogP contribution in [0.3, 0.4) is 0 Å². The summed E-state index contributed by atoms with van der Waals surface area (Å²) < 4.78 is 35.6. The summed E-state index contributed by atoms with van der Waals surface area (Å²) in [7, 11) is 0.